The van der Waals surface area contributed by atoms with Gasteiger partial charge in [-0.25, -0.2) is 0 Å². The lowest BCUT2D eigenvalue weighted by Crippen LogP contribution is -2.29. The van der Waals surface area contributed by atoms with Crippen LogP contribution in [-0.4, -0.2) is 17.6 Å². The maximum atomic E-state index is 12.6. The molecule has 1 heterocycles. The summed E-state index contributed by atoms with van der Waals surface area (Å²) in [7, 11) is 1.57. The Morgan fingerprint density at radius 3 is 2.42 bits per heavy atom. The van der Waals surface area contributed by atoms with Crippen molar-refractivity contribution >= 4 is 23.2 Å². The molecular formula is C20H17ClN2O3. The van der Waals surface area contributed by atoms with Crippen LogP contribution in [0, 0.1) is 0 Å². The highest BCUT2D eigenvalue weighted by atomic mass is 35.5. The van der Waals surface area contributed by atoms with Crippen molar-refractivity contribution in [2.45, 2.75) is 6.54 Å². The summed E-state index contributed by atoms with van der Waals surface area (Å²) < 4.78 is 6.58. The molecule has 1 amide bonds. The highest BCUT2D eigenvalue weighted by Gasteiger charge is 2.12. The Kier molecular flexibility index (Phi) is 5.39. The summed E-state index contributed by atoms with van der Waals surface area (Å²) in [6.45, 7) is 0.361. The van der Waals surface area contributed by atoms with Crippen LogP contribution in [0.2, 0.25) is 5.02 Å². The fraction of sp³-hybridized carbons (Fsp3) is 0.100. The quantitative estimate of drug-likeness (QED) is 0.745. The summed E-state index contributed by atoms with van der Waals surface area (Å²) in [5, 5.41) is 3.36. The topological polar surface area (TPSA) is 60.3 Å². The van der Waals surface area contributed by atoms with Crippen molar-refractivity contribution in [3.05, 3.63) is 93.4 Å². The minimum absolute atomic E-state index is 0.0808. The van der Waals surface area contributed by atoms with Crippen LogP contribution in [-0.2, 0) is 6.54 Å². The Morgan fingerprint density at radius 1 is 1.08 bits per heavy atom. The van der Waals surface area contributed by atoms with E-state index in [4.69, 9.17) is 16.3 Å². The normalized spacial score (nSPS) is 10.4. The SMILES string of the molecule is COc1ccc(NC(=O)c2cccn(Cc3ccc(Cl)cc3)c2=O)cc1. The average Bonchev–Trinajstić information content (AvgIpc) is 2.66. The number of ether oxygens (including phenoxy) is 1. The summed E-state index contributed by atoms with van der Waals surface area (Å²) in [6, 6.07) is 17.3. The van der Waals surface area contributed by atoms with Gasteiger partial charge in [0.25, 0.3) is 11.5 Å². The van der Waals surface area contributed by atoms with Crippen molar-refractivity contribution in [1.82, 2.24) is 4.57 Å². The number of pyridine rings is 1. The van der Waals surface area contributed by atoms with Crippen LogP contribution in [0.4, 0.5) is 5.69 Å². The average molecular weight is 369 g/mol. The molecule has 2 aromatic carbocycles. The molecule has 0 bridgehead atoms. The first-order valence-corrected chi connectivity index (χ1v) is 8.34. The smallest absolute Gasteiger partial charge is 0.263 e. The molecule has 0 atom stereocenters. The van der Waals surface area contributed by atoms with Crippen LogP contribution >= 0.6 is 11.6 Å². The zero-order valence-electron chi connectivity index (χ0n) is 14.1. The van der Waals surface area contributed by atoms with Gasteiger partial charge in [-0.15, -0.1) is 0 Å². The van der Waals surface area contributed by atoms with Gasteiger partial charge in [-0.1, -0.05) is 23.7 Å². The number of methoxy groups -OCH3 is 1. The Bertz CT molecular complexity index is 964. The third-order valence-electron chi connectivity index (χ3n) is 3.88. The summed E-state index contributed by atoms with van der Waals surface area (Å²) in [5.74, 6) is 0.235. The Labute approximate surface area is 155 Å². The van der Waals surface area contributed by atoms with Crippen molar-refractivity contribution in [1.29, 1.82) is 0 Å². The molecule has 3 aromatic rings. The van der Waals surface area contributed by atoms with Crippen molar-refractivity contribution in [2.24, 2.45) is 0 Å². The van der Waals surface area contributed by atoms with Gasteiger partial charge < -0.3 is 14.6 Å². The monoisotopic (exact) mass is 368 g/mol. The van der Waals surface area contributed by atoms with Gasteiger partial charge in [0.2, 0.25) is 0 Å². The number of nitrogens with zero attached hydrogens (tertiary/aromatic N) is 1. The fourth-order valence-electron chi connectivity index (χ4n) is 2.49. The van der Waals surface area contributed by atoms with E-state index in [0.717, 1.165) is 5.56 Å². The zero-order chi connectivity index (χ0) is 18.5. The zero-order valence-corrected chi connectivity index (χ0v) is 14.9. The molecule has 1 N–H and O–H groups in total. The third-order valence-corrected chi connectivity index (χ3v) is 4.13. The maximum absolute atomic E-state index is 12.6. The Balaban J connectivity index is 1.80. The number of rotatable bonds is 5. The first-order valence-electron chi connectivity index (χ1n) is 7.96. The predicted molar refractivity (Wildman–Crippen MR) is 102 cm³/mol. The van der Waals surface area contributed by atoms with Gasteiger partial charge in [0.15, 0.2) is 0 Å². The van der Waals surface area contributed by atoms with E-state index in [1.807, 2.05) is 12.1 Å². The number of anilines is 1. The summed E-state index contributed by atoms with van der Waals surface area (Å²) in [5.41, 5.74) is 1.23. The lowest BCUT2D eigenvalue weighted by atomic mass is 10.2. The van der Waals surface area contributed by atoms with Gasteiger partial charge in [0.1, 0.15) is 11.3 Å². The first-order chi connectivity index (χ1) is 12.6. The standard InChI is InChI=1S/C20H17ClN2O3/c1-26-17-10-8-16(9-11-17)22-19(24)18-3-2-12-23(20(18)25)13-14-4-6-15(21)7-5-14/h2-12H,13H2,1H3,(H,22,24). The van der Waals surface area contributed by atoms with Crippen molar-refractivity contribution < 1.29 is 9.53 Å². The molecule has 26 heavy (non-hydrogen) atoms. The van der Waals surface area contributed by atoms with Gasteiger partial charge in [0.05, 0.1) is 13.7 Å². The highest BCUT2D eigenvalue weighted by Crippen LogP contribution is 2.15. The van der Waals surface area contributed by atoms with Gasteiger partial charge in [0, 0.05) is 16.9 Å². The molecular weight excluding hydrogens is 352 g/mol. The van der Waals surface area contributed by atoms with E-state index in [-0.39, 0.29) is 11.1 Å². The van der Waals surface area contributed by atoms with Gasteiger partial charge in [-0.3, -0.25) is 9.59 Å². The van der Waals surface area contributed by atoms with E-state index in [9.17, 15) is 9.59 Å². The maximum Gasteiger partial charge on any atom is 0.263 e. The molecule has 0 aliphatic rings. The van der Waals surface area contributed by atoms with Crippen LogP contribution in [0.25, 0.3) is 0 Å². The third kappa shape index (κ3) is 4.13. The number of hydrogen-bond donors (Lipinski definition) is 1. The van der Waals surface area contributed by atoms with Crippen LogP contribution in [0.5, 0.6) is 5.75 Å². The number of nitrogens with one attached hydrogen (secondary N) is 1. The van der Waals surface area contributed by atoms with Gasteiger partial charge >= 0.3 is 0 Å². The minimum Gasteiger partial charge on any atom is -0.497 e. The molecule has 3 rings (SSSR count). The molecule has 0 spiro atoms. The molecule has 1 aromatic heterocycles. The van der Waals surface area contributed by atoms with Crippen LogP contribution in [0.1, 0.15) is 15.9 Å². The molecule has 0 aliphatic heterocycles. The van der Waals surface area contributed by atoms with Crippen LogP contribution in [0.3, 0.4) is 0 Å². The molecule has 6 heteroatoms. The molecule has 0 saturated carbocycles. The second-order valence-corrected chi connectivity index (χ2v) is 6.10. The van der Waals surface area contributed by atoms with Gasteiger partial charge in [-0.2, -0.15) is 0 Å². The lowest BCUT2D eigenvalue weighted by Gasteiger charge is -2.09. The molecule has 0 radical (unpaired) electrons. The molecule has 0 unspecified atom stereocenters. The first kappa shape index (κ1) is 17.8. The van der Waals surface area contributed by atoms with E-state index < -0.39 is 5.91 Å². The van der Waals surface area contributed by atoms with E-state index in [2.05, 4.69) is 5.32 Å². The number of halogens is 1. The lowest BCUT2D eigenvalue weighted by molar-refractivity contribution is 0.102. The second-order valence-electron chi connectivity index (χ2n) is 5.66. The van der Waals surface area contributed by atoms with E-state index in [0.29, 0.717) is 23.0 Å². The number of aromatic nitrogens is 1. The molecule has 0 fully saturated rings. The molecule has 0 aliphatic carbocycles. The summed E-state index contributed by atoms with van der Waals surface area (Å²) in [6.07, 6.45) is 1.65. The predicted octanol–water partition coefficient (Wildman–Crippen LogP) is 3.81. The minimum atomic E-state index is -0.453. The van der Waals surface area contributed by atoms with Crippen LogP contribution in [0.15, 0.2) is 71.7 Å². The number of hydrogen-bond acceptors (Lipinski definition) is 3. The van der Waals surface area contributed by atoms with Crippen LogP contribution < -0.4 is 15.6 Å². The van der Waals surface area contributed by atoms with Gasteiger partial charge in [-0.05, 0) is 54.1 Å². The van der Waals surface area contributed by atoms with E-state index in [1.165, 1.54) is 10.6 Å². The fourth-order valence-corrected chi connectivity index (χ4v) is 2.62. The van der Waals surface area contributed by atoms with Crippen molar-refractivity contribution in [2.75, 3.05) is 12.4 Å². The van der Waals surface area contributed by atoms with Crippen molar-refractivity contribution in [3.8, 4) is 5.75 Å². The number of carbonyl (C=O) groups is 1. The molecule has 5 nitrogen and oxygen atoms in total. The molecule has 0 saturated heterocycles. The number of carbonyl (C=O) groups excluding carboxylic acids is 1. The number of benzene rings is 2. The van der Waals surface area contributed by atoms with E-state index in [1.54, 1.807) is 55.8 Å². The Morgan fingerprint density at radius 2 is 1.77 bits per heavy atom. The second kappa shape index (κ2) is 7.89. The Hall–Kier alpha value is -3.05. The summed E-state index contributed by atoms with van der Waals surface area (Å²) in [4.78, 5) is 25.1. The van der Waals surface area contributed by atoms with Crippen molar-refractivity contribution in [3.63, 3.8) is 0 Å². The van der Waals surface area contributed by atoms with E-state index >= 15 is 0 Å². The summed E-state index contributed by atoms with van der Waals surface area (Å²) >= 11 is 5.88. The highest BCUT2D eigenvalue weighted by molar-refractivity contribution is 6.30. The molecule has 132 valence electrons. The number of amides is 1. The largest absolute Gasteiger partial charge is 0.497 e.